The number of hydrogen-bond acceptors (Lipinski definition) is 1. The molecule has 0 amide bonds. The van der Waals surface area contributed by atoms with E-state index in [1.54, 1.807) is 0 Å². The molecule has 0 aliphatic carbocycles. The molecule has 1 aromatic rings. The van der Waals surface area contributed by atoms with Gasteiger partial charge in [0.2, 0.25) is 0 Å². The summed E-state index contributed by atoms with van der Waals surface area (Å²) in [7, 11) is 0. The van der Waals surface area contributed by atoms with Crippen molar-refractivity contribution in [1.29, 1.82) is 0 Å². The van der Waals surface area contributed by atoms with Crippen molar-refractivity contribution in [1.82, 2.24) is 0 Å². The fraction of sp³-hybridized carbons (Fsp3) is 0.429. The predicted molar refractivity (Wildman–Crippen MR) is 61.5 cm³/mol. The second-order valence-corrected chi connectivity index (χ2v) is 3.84. The molecule has 0 spiro atoms. The van der Waals surface area contributed by atoms with Crippen molar-refractivity contribution in [3.05, 3.63) is 35.9 Å². The molecule has 0 saturated carbocycles. The van der Waals surface area contributed by atoms with Crippen LogP contribution in [0.4, 0.5) is 0 Å². The lowest BCUT2D eigenvalue weighted by molar-refractivity contribution is 0.0980. The minimum atomic E-state index is 0.146. The van der Waals surface area contributed by atoms with E-state index in [1.807, 2.05) is 30.3 Å². The van der Waals surface area contributed by atoms with Crippen LogP contribution in [0.5, 0.6) is 0 Å². The van der Waals surface area contributed by atoms with E-state index in [2.05, 4.69) is 11.8 Å². The fourth-order valence-corrected chi connectivity index (χ4v) is 1.72. The normalized spacial score (nSPS) is 21.2. The summed E-state index contributed by atoms with van der Waals surface area (Å²) in [5.41, 5.74) is 1.07. The van der Waals surface area contributed by atoms with Gasteiger partial charge in [-0.15, -0.1) is 0 Å². The minimum absolute atomic E-state index is 0.146. The van der Waals surface area contributed by atoms with Crippen LogP contribution in [-0.2, 0) is 4.74 Å². The Balaban J connectivity index is 1.98. The van der Waals surface area contributed by atoms with Gasteiger partial charge in [0.25, 0.3) is 0 Å². The van der Waals surface area contributed by atoms with E-state index in [0.29, 0.717) is 0 Å². The van der Waals surface area contributed by atoms with Gasteiger partial charge in [-0.1, -0.05) is 36.5 Å². The van der Waals surface area contributed by atoms with Crippen LogP contribution < -0.4 is 0 Å². The minimum Gasteiger partial charge on any atom is -0.366 e. The highest BCUT2D eigenvalue weighted by Gasteiger charge is 2.08. The maximum Gasteiger partial charge on any atom is 0.118 e. The van der Waals surface area contributed by atoms with Crippen LogP contribution in [0.25, 0.3) is 0 Å². The largest absolute Gasteiger partial charge is 0.366 e. The molecule has 1 aromatic carbocycles. The molecule has 1 nitrogen and oxygen atoms in total. The van der Waals surface area contributed by atoms with Crippen molar-refractivity contribution in [2.75, 3.05) is 6.61 Å². The van der Waals surface area contributed by atoms with E-state index < -0.39 is 0 Å². The molecule has 0 aromatic heterocycles. The molecular formula is C14H16O. The zero-order valence-electron chi connectivity index (χ0n) is 8.91. The summed E-state index contributed by atoms with van der Waals surface area (Å²) in [6, 6.07) is 10.1. The molecule has 1 heterocycles. The average Bonchev–Trinajstić information content (AvgIpc) is 2.56. The van der Waals surface area contributed by atoms with Crippen LogP contribution in [-0.4, -0.2) is 12.7 Å². The molecule has 1 saturated heterocycles. The van der Waals surface area contributed by atoms with Gasteiger partial charge in [0.05, 0.1) is 0 Å². The van der Waals surface area contributed by atoms with Gasteiger partial charge in [0.15, 0.2) is 0 Å². The molecule has 0 bridgehead atoms. The zero-order chi connectivity index (χ0) is 10.3. The van der Waals surface area contributed by atoms with E-state index in [9.17, 15) is 0 Å². The quantitative estimate of drug-likeness (QED) is 0.585. The monoisotopic (exact) mass is 200 g/mol. The third-order valence-electron chi connectivity index (χ3n) is 2.58. The van der Waals surface area contributed by atoms with Crippen LogP contribution in [0.2, 0.25) is 0 Å². The van der Waals surface area contributed by atoms with Crippen molar-refractivity contribution in [2.24, 2.45) is 0 Å². The Morgan fingerprint density at radius 2 is 1.93 bits per heavy atom. The molecule has 0 radical (unpaired) electrons. The lowest BCUT2D eigenvalue weighted by Crippen LogP contribution is -2.08. The van der Waals surface area contributed by atoms with Crippen molar-refractivity contribution < 1.29 is 4.74 Å². The van der Waals surface area contributed by atoms with E-state index in [-0.39, 0.29) is 6.10 Å². The van der Waals surface area contributed by atoms with E-state index in [1.165, 1.54) is 19.3 Å². The smallest absolute Gasteiger partial charge is 0.118 e. The number of rotatable bonds is 0. The standard InChI is InChI=1S/C14H16O/c1-3-7-13(8-4-1)10-11-14-9-5-2-6-12-15-14/h1,3-4,7-8,14H,2,5-6,9,12H2. The van der Waals surface area contributed by atoms with Gasteiger partial charge in [-0.25, -0.2) is 0 Å². The van der Waals surface area contributed by atoms with Crippen molar-refractivity contribution in [2.45, 2.75) is 31.8 Å². The van der Waals surface area contributed by atoms with Gasteiger partial charge < -0.3 is 4.74 Å². The van der Waals surface area contributed by atoms with Gasteiger partial charge in [-0.2, -0.15) is 0 Å². The van der Waals surface area contributed by atoms with Gasteiger partial charge in [-0.05, 0) is 31.4 Å². The van der Waals surface area contributed by atoms with Crippen LogP contribution in [0.1, 0.15) is 31.2 Å². The second-order valence-electron chi connectivity index (χ2n) is 3.84. The molecule has 0 N–H and O–H groups in total. The molecular weight excluding hydrogens is 184 g/mol. The van der Waals surface area contributed by atoms with Crippen LogP contribution in [0.3, 0.4) is 0 Å². The first-order valence-corrected chi connectivity index (χ1v) is 5.63. The van der Waals surface area contributed by atoms with E-state index >= 15 is 0 Å². The topological polar surface area (TPSA) is 9.23 Å². The molecule has 78 valence electrons. The van der Waals surface area contributed by atoms with Gasteiger partial charge in [0.1, 0.15) is 6.10 Å². The molecule has 1 heteroatoms. The Bertz CT molecular complexity index is 337. The Labute approximate surface area is 91.5 Å². The second kappa shape index (κ2) is 5.58. The predicted octanol–water partition coefficient (Wildman–Crippen LogP) is 3.00. The highest BCUT2D eigenvalue weighted by atomic mass is 16.5. The first-order valence-electron chi connectivity index (χ1n) is 5.63. The average molecular weight is 200 g/mol. The van der Waals surface area contributed by atoms with Gasteiger partial charge >= 0.3 is 0 Å². The third-order valence-corrected chi connectivity index (χ3v) is 2.58. The van der Waals surface area contributed by atoms with Gasteiger partial charge in [-0.3, -0.25) is 0 Å². The zero-order valence-corrected chi connectivity index (χ0v) is 8.91. The first kappa shape index (κ1) is 10.3. The van der Waals surface area contributed by atoms with Crippen molar-refractivity contribution in [3.63, 3.8) is 0 Å². The SMILES string of the molecule is C(#CC1CCCCCO1)c1ccccc1. The maximum absolute atomic E-state index is 5.65. The third kappa shape index (κ3) is 3.42. The van der Waals surface area contributed by atoms with Crippen molar-refractivity contribution >= 4 is 0 Å². The maximum atomic E-state index is 5.65. The summed E-state index contributed by atoms with van der Waals surface area (Å²) >= 11 is 0. The summed E-state index contributed by atoms with van der Waals surface area (Å²) < 4.78 is 5.65. The molecule has 1 fully saturated rings. The Morgan fingerprint density at radius 3 is 2.80 bits per heavy atom. The van der Waals surface area contributed by atoms with Crippen LogP contribution in [0.15, 0.2) is 30.3 Å². The number of ether oxygens (including phenoxy) is 1. The summed E-state index contributed by atoms with van der Waals surface area (Å²) in [6.07, 6.45) is 4.94. The molecule has 1 aliphatic rings. The Morgan fingerprint density at radius 1 is 1.07 bits per heavy atom. The summed E-state index contributed by atoms with van der Waals surface area (Å²) in [6.45, 7) is 0.869. The summed E-state index contributed by atoms with van der Waals surface area (Å²) in [4.78, 5) is 0. The fourth-order valence-electron chi connectivity index (χ4n) is 1.72. The lowest BCUT2D eigenvalue weighted by Gasteiger charge is -2.05. The molecule has 15 heavy (non-hydrogen) atoms. The van der Waals surface area contributed by atoms with E-state index in [0.717, 1.165) is 18.6 Å². The van der Waals surface area contributed by atoms with Crippen LogP contribution >= 0.6 is 0 Å². The van der Waals surface area contributed by atoms with Crippen LogP contribution in [0, 0.1) is 11.8 Å². The summed E-state index contributed by atoms with van der Waals surface area (Å²) in [5, 5.41) is 0. The molecule has 1 unspecified atom stereocenters. The lowest BCUT2D eigenvalue weighted by atomic mass is 10.1. The number of benzene rings is 1. The first-order chi connectivity index (χ1) is 7.45. The number of hydrogen-bond donors (Lipinski definition) is 0. The highest BCUT2D eigenvalue weighted by molar-refractivity contribution is 5.34. The molecule has 1 atom stereocenters. The summed E-state index contributed by atoms with van der Waals surface area (Å²) in [5.74, 6) is 6.37. The molecule has 2 rings (SSSR count). The van der Waals surface area contributed by atoms with Gasteiger partial charge in [0, 0.05) is 12.2 Å². The van der Waals surface area contributed by atoms with E-state index in [4.69, 9.17) is 4.74 Å². The Hall–Kier alpha value is -1.26. The highest BCUT2D eigenvalue weighted by Crippen LogP contribution is 2.12. The Kier molecular flexibility index (Phi) is 3.82. The van der Waals surface area contributed by atoms with Crippen molar-refractivity contribution in [3.8, 4) is 11.8 Å². The molecule has 1 aliphatic heterocycles.